The van der Waals surface area contributed by atoms with Gasteiger partial charge in [0.2, 0.25) is 0 Å². The molecule has 0 saturated carbocycles. The van der Waals surface area contributed by atoms with Crippen molar-refractivity contribution >= 4 is 5.82 Å². The lowest BCUT2D eigenvalue weighted by molar-refractivity contribution is 0.568. The second kappa shape index (κ2) is 8.20. The molecule has 170 valence electrons. The zero-order chi connectivity index (χ0) is 23.2. The Bertz CT molecular complexity index is 1510. The van der Waals surface area contributed by atoms with E-state index in [1.165, 1.54) is 11.4 Å². The molecule has 4 heterocycles. The Balaban J connectivity index is 1.56. The van der Waals surface area contributed by atoms with Crippen molar-refractivity contribution < 1.29 is 0 Å². The highest BCUT2D eigenvalue weighted by Gasteiger charge is 2.34. The summed E-state index contributed by atoms with van der Waals surface area (Å²) in [7, 11) is 0. The number of hydrogen-bond donors (Lipinski definition) is 0. The van der Waals surface area contributed by atoms with Crippen LogP contribution in [0, 0.1) is 0 Å². The van der Waals surface area contributed by atoms with Crippen LogP contribution in [0.2, 0.25) is 0 Å². The summed E-state index contributed by atoms with van der Waals surface area (Å²) >= 11 is 0. The lowest BCUT2D eigenvalue weighted by Gasteiger charge is -2.30. The first kappa shape index (κ1) is 20.2. The molecule has 2 aromatic heterocycles. The Labute approximate surface area is 204 Å². The molecule has 5 nitrogen and oxygen atoms in total. The lowest BCUT2D eigenvalue weighted by Crippen LogP contribution is -2.33. The molecule has 0 amide bonds. The van der Waals surface area contributed by atoms with Crippen LogP contribution in [0.1, 0.15) is 12.0 Å². The maximum atomic E-state index is 5.36. The molecular formula is C30H25N5. The molecule has 0 N–H and O–H groups in total. The van der Waals surface area contributed by atoms with Gasteiger partial charge in [-0.1, -0.05) is 91.0 Å². The third-order valence-corrected chi connectivity index (χ3v) is 7.12. The fourth-order valence-corrected chi connectivity index (χ4v) is 5.54. The van der Waals surface area contributed by atoms with E-state index in [1.54, 1.807) is 0 Å². The van der Waals surface area contributed by atoms with Crippen LogP contribution < -0.4 is 4.90 Å². The average molecular weight is 456 g/mol. The molecule has 0 aliphatic carbocycles. The van der Waals surface area contributed by atoms with Crippen LogP contribution in [-0.4, -0.2) is 32.8 Å². The zero-order valence-corrected chi connectivity index (χ0v) is 19.4. The van der Waals surface area contributed by atoms with Gasteiger partial charge in [0.25, 0.3) is 0 Å². The summed E-state index contributed by atoms with van der Waals surface area (Å²) in [6.07, 6.45) is 2.03. The number of imidazole rings is 1. The van der Waals surface area contributed by atoms with Crippen molar-refractivity contribution in [1.29, 1.82) is 0 Å². The Morgan fingerprint density at radius 3 is 1.86 bits per heavy atom. The van der Waals surface area contributed by atoms with E-state index >= 15 is 0 Å². The molecule has 5 heteroatoms. The smallest absolute Gasteiger partial charge is 0.142 e. The van der Waals surface area contributed by atoms with Gasteiger partial charge in [0, 0.05) is 41.9 Å². The number of nitrogens with zero attached hydrogens (tertiary/aromatic N) is 5. The molecule has 0 saturated heterocycles. The minimum absolute atomic E-state index is 0.909. The summed E-state index contributed by atoms with van der Waals surface area (Å²) in [4.78, 5) is 7.87. The second-order valence-corrected chi connectivity index (χ2v) is 9.20. The standard InChI is InChI=1S/C30H25N5/c1-4-11-21(12-5-1)26-24-17-20-34-18-10-19-35-29(23-15-8-3-9-16-23)31-28(30(34)35)25(24)27(33-32-26)22-13-6-2-7-14-22/h1-9,11-16H,10,17-20H2. The van der Waals surface area contributed by atoms with Gasteiger partial charge in [-0.05, 0) is 18.4 Å². The van der Waals surface area contributed by atoms with Crippen LogP contribution in [0.15, 0.2) is 91.0 Å². The number of aromatic nitrogens is 4. The van der Waals surface area contributed by atoms with Gasteiger partial charge in [-0.3, -0.25) is 0 Å². The van der Waals surface area contributed by atoms with Crippen LogP contribution in [0.3, 0.4) is 0 Å². The quantitative estimate of drug-likeness (QED) is 0.329. The van der Waals surface area contributed by atoms with E-state index in [1.807, 2.05) is 12.1 Å². The molecule has 0 radical (unpaired) electrons. The first-order valence-corrected chi connectivity index (χ1v) is 12.3. The molecule has 0 atom stereocenters. The highest BCUT2D eigenvalue weighted by atomic mass is 15.3. The number of rotatable bonds is 3. The van der Waals surface area contributed by atoms with Gasteiger partial charge < -0.3 is 9.47 Å². The molecule has 2 aliphatic heterocycles. The Morgan fingerprint density at radius 2 is 1.17 bits per heavy atom. The number of benzene rings is 3. The molecular weight excluding hydrogens is 430 g/mol. The van der Waals surface area contributed by atoms with Crippen molar-refractivity contribution in [2.45, 2.75) is 19.4 Å². The third kappa shape index (κ3) is 3.27. The fraction of sp³-hybridized carbons (Fsp3) is 0.167. The van der Waals surface area contributed by atoms with E-state index in [-0.39, 0.29) is 0 Å². The first-order chi connectivity index (χ1) is 17.4. The van der Waals surface area contributed by atoms with Crippen LogP contribution in [0.25, 0.3) is 45.2 Å². The summed E-state index contributed by atoms with van der Waals surface area (Å²) in [5.74, 6) is 2.25. The maximum absolute atomic E-state index is 5.36. The van der Waals surface area contributed by atoms with Gasteiger partial charge in [-0.15, -0.1) is 10.2 Å². The van der Waals surface area contributed by atoms with E-state index in [4.69, 9.17) is 15.2 Å². The first-order valence-electron chi connectivity index (χ1n) is 12.3. The largest absolute Gasteiger partial charge is 0.356 e. The molecule has 3 aromatic carbocycles. The van der Waals surface area contributed by atoms with Gasteiger partial charge >= 0.3 is 0 Å². The van der Waals surface area contributed by atoms with Gasteiger partial charge in [0.1, 0.15) is 23.0 Å². The van der Waals surface area contributed by atoms with Gasteiger partial charge in [-0.25, -0.2) is 4.98 Å². The maximum Gasteiger partial charge on any atom is 0.142 e. The number of hydrogen-bond acceptors (Lipinski definition) is 4. The Morgan fingerprint density at radius 1 is 0.571 bits per heavy atom. The second-order valence-electron chi connectivity index (χ2n) is 9.20. The normalized spacial score (nSPS) is 14.2. The Hall–Kier alpha value is -4.25. The van der Waals surface area contributed by atoms with Crippen LogP contribution in [0.5, 0.6) is 0 Å². The summed E-state index contributed by atoms with van der Waals surface area (Å²) in [6, 6.07) is 31.4. The van der Waals surface area contributed by atoms with Crippen molar-refractivity contribution in [3.8, 4) is 45.2 Å². The van der Waals surface area contributed by atoms with E-state index in [0.717, 1.165) is 77.6 Å². The summed E-state index contributed by atoms with van der Waals surface area (Å²) in [6.45, 7) is 2.96. The van der Waals surface area contributed by atoms with Crippen LogP contribution in [0.4, 0.5) is 5.82 Å². The SMILES string of the molecule is c1ccc(-c2nnc(-c3ccccc3)c3c2CCN2CCCn4c(-c5ccccc5)nc-3c42)cc1. The third-order valence-electron chi connectivity index (χ3n) is 7.12. The van der Waals surface area contributed by atoms with Crippen molar-refractivity contribution in [3.05, 3.63) is 96.6 Å². The van der Waals surface area contributed by atoms with Gasteiger partial charge in [0.15, 0.2) is 0 Å². The van der Waals surface area contributed by atoms with E-state index in [2.05, 4.69) is 88.3 Å². The highest BCUT2D eigenvalue weighted by molar-refractivity contribution is 5.92. The van der Waals surface area contributed by atoms with Gasteiger partial charge in [0.05, 0.1) is 5.69 Å². The number of anilines is 1. The molecule has 0 fully saturated rings. The molecule has 7 rings (SSSR count). The van der Waals surface area contributed by atoms with Crippen molar-refractivity contribution in [2.24, 2.45) is 0 Å². The Kier molecular flexibility index (Phi) is 4.72. The predicted octanol–water partition coefficient (Wildman–Crippen LogP) is 6.11. The van der Waals surface area contributed by atoms with E-state index in [9.17, 15) is 0 Å². The van der Waals surface area contributed by atoms with Crippen LogP contribution in [-0.2, 0) is 13.0 Å². The van der Waals surface area contributed by atoms with Crippen molar-refractivity contribution in [1.82, 2.24) is 19.7 Å². The molecule has 5 aromatic rings. The van der Waals surface area contributed by atoms with E-state index < -0.39 is 0 Å². The lowest BCUT2D eigenvalue weighted by atomic mass is 9.94. The summed E-state index contributed by atoms with van der Waals surface area (Å²) in [5, 5.41) is 9.65. The monoisotopic (exact) mass is 455 g/mol. The summed E-state index contributed by atoms with van der Waals surface area (Å²) in [5.41, 5.74) is 8.58. The number of fused-ring (bicyclic) bond motifs is 2. The molecule has 0 bridgehead atoms. The molecule has 2 aliphatic rings. The van der Waals surface area contributed by atoms with E-state index in [0.29, 0.717) is 0 Å². The summed E-state index contributed by atoms with van der Waals surface area (Å²) < 4.78 is 2.42. The zero-order valence-electron chi connectivity index (χ0n) is 19.4. The average Bonchev–Trinajstić information content (AvgIpc) is 3.24. The van der Waals surface area contributed by atoms with Gasteiger partial charge in [-0.2, -0.15) is 0 Å². The predicted molar refractivity (Wildman–Crippen MR) is 140 cm³/mol. The van der Waals surface area contributed by atoms with Crippen LogP contribution >= 0.6 is 0 Å². The molecule has 35 heavy (non-hydrogen) atoms. The minimum Gasteiger partial charge on any atom is -0.356 e. The molecule has 0 spiro atoms. The highest BCUT2D eigenvalue weighted by Crippen LogP contribution is 2.46. The topological polar surface area (TPSA) is 46.8 Å². The molecule has 0 unspecified atom stereocenters. The minimum atomic E-state index is 0.909. The fourth-order valence-electron chi connectivity index (χ4n) is 5.54. The van der Waals surface area contributed by atoms with Crippen molar-refractivity contribution in [2.75, 3.05) is 18.0 Å². The van der Waals surface area contributed by atoms with Crippen molar-refractivity contribution in [3.63, 3.8) is 0 Å².